The molecule has 2 amide bonds. The highest BCUT2D eigenvalue weighted by Crippen LogP contribution is 2.61. The Labute approximate surface area is 172 Å². The second-order valence-electron chi connectivity index (χ2n) is 8.11. The second-order valence-corrected chi connectivity index (χ2v) is 8.11. The minimum Gasteiger partial charge on any atom is -0.545 e. The highest BCUT2D eigenvalue weighted by atomic mass is 16.4. The van der Waals surface area contributed by atoms with Crippen LogP contribution in [0.3, 0.4) is 0 Å². The largest absolute Gasteiger partial charge is 0.545 e. The van der Waals surface area contributed by atoms with Gasteiger partial charge in [0.25, 0.3) is 0 Å². The van der Waals surface area contributed by atoms with Gasteiger partial charge in [-0.15, -0.1) is 0 Å². The van der Waals surface area contributed by atoms with Gasteiger partial charge >= 0.3 is 0 Å². The van der Waals surface area contributed by atoms with E-state index in [-0.39, 0.29) is 29.2 Å². The summed E-state index contributed by atoms with van der Waals surface area (Å²) in [5.41, 5.74) is 4.90. The lowest BCUT2D eigenvalue weighted by atomic mass is 9.55. The first-order valence-electron chi connectivity index (χ1n) is 9.95. The number of aromatic carboxylic acids is 1. The number of imide groups is 1. The molecular weight excluding hydrogens is 378 g/mol. The van der Waals surface area contributed by atoms with Crippen molar-refractivity contribution in [2.24, 2.45) is 11.8 Å². The molecule has 1 heterocycles. The number of hydrogen-bond acceptors (Lipinski definition) is 4. The predicted octanol–water partition coefficient (Wildman–Crippen LogP) is 2.45. The molecule has 146 valence electrons. The molecule has 3 aliphatic carbocycles. The Bertz CT molecular complexity index is 1130. The van der Waals surface area contributed by atoms with Crippen molar-refractivity contribution in [1.29, 1.82) is 0 Å². The van der Waals surface area contributed by atoms with Crippen molar-refractivity contribution >= 4 is 23.5 Å². The summed E-state index contributed by atoms with van der Waals surface area (Å²) >= 11 is 0. The summed E-state index contributed by atoms with van der Waals surface area (Å²) in [6, 6.07) is 21.9. The van der Waals surface area contributed by atoms with Gasteiger partial charge in [0.2, 0.25) is 11.8 Å². The minimum atomic E-state index is -1.29. The number of benzene rings is 3. The van der Waals surface area contributed by atoms with Crippen LogP contribution < -0.4 is 10.0 Å². The number of rotatable bonds is 2. The summed E-state index contributed by atoms with van der Waals surface area (Å²) in [6.45, 7) is 0. The standard InChI is InChI=1S/C25H17NO4/c27-23-21-19-15-5-1-2-6-16(15)20(18-8-4-3-7-17(18)19)22(21)24(28)26(23)14-11-9-13(10-12-14)25(29)30/h1-12,19-22H,(H,29,30)/p-1/t19?,20?,21-,22+. The van der Waals surface area contributed by atoms with Crippen molar-refractivity contribution < 1.29 is 19.5 Å². The van der Waals surface area contributed by atoms with Gasteiger partial charge in [-0.2, -0.15) is 0 Å². The fourth-order valence-corrected chi connectivity index (χ4v) is 5.68. The van der Waals surface area contributed by atoms with Crippen LogP contribution in [-0.4, -0.2) is 17.8 Å². The zero-order valence-corrected chi connectivity index (χ0v) is 15.8. The van der Waals surface area contributed by atoms with Gasteiger partial charge in [0.05, 0.1) is 23.5 Å². The van der Waals surface area contributed by atoms with Crippen molar-refractivity contribution in [3.63, 3.8) is 0 Å². The molecule has 5 heteroatoms. The fourth-order valence-electron chi connectivity index (χ4n) is 5.68. The number of carboxylic acid groups (broad SMARTS) is 1. The molecule has 2 atom stereocenters. The van der Waals surface area contributed by atoms with Crippen LogP contribution in [0.2, 0.25) is 0 Å². The van der Waals surface area contributed by atoms with E-state index in [1.54, 1.807) is 0 Å². The summed E-state index contributed by atoms with van der Waals surface area (Å²) in [5.74, 6) is -2.94. The van der Waals surface area contributed by atoms with Crippen LogP contribution in [0.5, 0.6) is 0 Å². The molecule has 0 aromatic heterocycles. The van der Waals surface area contributed by atoms with Crippen LogP contribution in [0, 0.1) is 11.8 Å². The zero-order valence-electron chi connectivity index (χ0n) is 15.8. The highest BCUT2D eigenvalue weighted by molar-refractivity contribution is 6.23. The van der Waals surface area contributed by atoms with Gasteiger partial charge in [0, 0.05) is 11.8 Å². The number of carbonyl (C=O) groups excluding carboxylic acids is 3. The summed E-state index contributed by atoms with van der Waals surface area (Å²) in [7, 11) is 0. The first-order chi connectivity index (χ1) is 14.6. The Morgan fingerprint density at radius 2 is 1.07 bits per heavy atom. The van der Waals surface area contributed by atoms with Crippen molar-refractivity contribution in [2.75, 3.05) is 4.90 Å². The van der Waals surface area contributed by atoms with Crippen molar-refractivity contribution in [2.45, 2.75) is 11.8 Å². The van der Waals surface area contributed by atoms with Gasteiger partial charge in [0.1, 0.15) is 0 Å². The lowest BCUT2D eigenvalue weighted by molar-refractivity contribution is -0.255. The van der Waals surface area contributed by atoms with Crippen LogP contribution in [0.25, 0.3) is 0 Å². The van der Waals surface area contributed by atoms with Gasteiger partial charge < -0.3 is 9.90 Å². The smallest absolute Gasteiger partial charge is 0.238 e. The molecule has 5 nitrogen and oxygen atoms in total. The van der Waals surface area contributed by atoms with Gasteiger partial charge in [-0.3, -0.25) is 9.59 Å². The third-order valence-corrected chi connectivity index (χ3v) is 6.81. The van der Waals surface area contributed by atoms with Crippen molar-refractivity contribution in [3.8, 4) is 0 Å². The van der Waals surface area contributed by atoms with Crippen LogP contribution in [0.1, 0.15) is 44.4 Å². The van der Waals surface area contributed by atoms with E-state index < -0.39 is 17.8 Å². The molecule has 30 heavy (non-hydrogen) atoms. The van der Waals surface area contributed by atoms with Crippen molar-refractivity contribution in [1.82, 2.24) is 0 Å². The molecule has 4 aliphatic rings. The maximum Gasteiger partial charge on any atom is 0.238 e. The topological polar surface area (TPSA) is 77.5 Å². The third-order valence-electron chi connectivity index (χ3n) is 6.81. The molecule has 7 rings (SSSR count). The van der Waals surface area contributed by atoms with E-state index in [2.05, 4.69) is 24.3 Å². The Balaban J connectivity index is 1.51. The third kappa shape index (κ3) is 2.04. The molecule has 0 spiro atoms. The van der Waals surface area contributed by atoms with Crippen LogP contribution in [-0.2, 0) is 9.59 Å². The van der Waals surface area contributed by atoms with Crippen LogP contribution in [0.4, 0.5) is 5.69 Å². The summed E-state index contributed by atoms with van der Waals surface area (Å²) < 4.78 is 0. The maximum absolute atomic E-state index is 13.6. The molecule has 0 saturated carbocycles. The van der Waals surface area contributed by atoms with Crippen LogP contribution >= 0.6 is 0 Å². The molecule has 1 fully saturated rings. The summed E-state index contributed by atoms with van der Waals surface area (Å²) in [4.78, 5) is 39.4. The summed E-state index contributed by atoms with van der Waals surface area (Å²) in [5, 5.41) is 11.1. The molecule has 0 N–H and O–H groups in total. The Morgan fingerprint density at radius 1 is 0.667 bits per heavy atom. The predicted molar refractivity (Wildman–Crippen MR) is 107 cm³/mol. The molecule has 1 saturated heterocycles. The fraction of sp³-hybridized carbons (Fsp3) is 0.160. The van der Waals surface area contributed by atoms with Gasteiger partial charge in [-0.25, -0.2) is 4.90 Å². The van der Waals surface area contributed by atoms with E-state index in [9.17, 15) is 19.5 Å². The lowest BCUT2D eigenvalue weighted by Gasteiger charge is -2.45. The average Bonchev–Trinajstić information content (AvgIpc) is 3.04. The van der Waals surface area contributed by atoms with Gasteiger partial charge in [-0.1, -0.05) is 60.7 Å². The van der Waals surface area contributed by atoms with E-state index in [0.717, 1.165) is 22.3 Å². The van der Waals surface area contributed by atoms with E-state index in [1.807, 2.05) is 24.3 Å². The molecule has 1 aliphatic heterocycles. The number of nitrogens with zero attached hydrogens (tertiary/aromatic N) is 1. The number of anilines is 1. The molecule has 2 bridgehead atoms. The SMILES string of the molecule is O=C([O-])c1ccc(N2C(=O)[C@@H]3C4c5ccccc5C(c5ccccc54)[C@@H]3C2=O)cc1. The second kappa shape index (κ2) is 5.89. The molecule has 3 aromatic carbocycles. The van der Waals surface area contributed by atoms with E-state index in [0.29, 0.717) is 5.69 Å². The average molecular weight is 394 g/mol. The number of carboxylic acids is 1. The molecule has 0 unspecified atom stereocenters. The van der Waals surface area contributed by atoms with Crippen LogP contribution in [0.15, 0.2) is 72.8 Å². The number of amides is 2. The highest BCUT2D eigenvalue weighted by Gasteiger charge is 2.61. The normalized spacial score (nSPS) is 25.7. The van der Waals surface area contributed by atoms with Crippen molar-refractivity contribution in [3.05, 3.63) is 101 Å². The van der Waals surface area contributed by atoms with Gasteiger partial charge in [-0.05, 0) is 39.9 Å². The Morgan fingerprint density at radius 3 is 1.43 bits per heavy atom. The van der Waals surface area contributed by atoms with Gasteiger partial charge in [0.15, 0.2) is 0 Å². The molecular formula is C25H16NO4-. The molecule has 3 aromatic rings. The lowest BCUT2D eigenvalue weighted by Crippen LogP contribution is -2.41. The first kappa shape index (κ1) is 17.2. The Hall–Kier alpha value is -3.73. The molecule has 0 radical (unpaired) electrons. The zero-order chi connectivity index (χ0) is 20.6. The minimum absolute atomic E-state index is 0.00939. The monoisotopic (exact) mass is 394 g/mol. The van der Waals surface area contributed by atoms with E-state index >= 15 is 0 Å². The van der Waals surface area contributed by atoms with E-state index in [1.165, 1.54) is 29.2 Å². The Kier molecular flexibility index (Phi) is 3.37. The number of carbonyl (C=O) groups is 3. The number of hydrogen-bond donors (Lipinski definition) is 0. The first-order valence-corrected chi connectivity index (χ1v) is 9.95. The maximum atomic E-state index is 13.6. The van der Waals surface area contributed by atoms with E-state index in [4.69, 9.17) is 0 Å². The summed E-state index contributed by atoms with van der Waals surface area (Å²) in [6.07, 6.45) is 0. The quantitative estimate of drug-likeness (QED) is 0.626.